The summed E-state index contributed by atoms with van der Waals surface area (Å²) >= 11 is 6.78. The van der Waals surface area contributed by atoms with E-state index in [0.717, 1.165) is 18.7 Å². The minimum atomic E-state index is 0.0308. The van der Waals surface area contributed by atoms with Crippen LogP contribution in [-0.4, -0.2) is 39.8 Å². The lowest BCUT2D eigenvalue weighted by Crippen LogP contribution is -2.42. The van der Waals surface area contributed by atoms with Crippen LogP contribution in [0.2, 0.25) is 0 Å². The van der Waals surface area contributed by atoms with Crippen molar-refractivity contribution in [1.82, 2.24) is 9.80 Å². The first-order chi connectivity index (χ1) is 11.2. The van der Waals surface area contributed by atoms with Crippen LogP contribution in [0.15, 0.2) is 47.4 Å². The molecule has 0 bridgehead atoms. The largest absolute Gasteiger partial charge is 0.286 e. The van der Waals surface area contributed by atoms with Crippen LogP contribution in [0.25, 0.3) is 6.08 Å². The van der Waals surface area contributed by atoms with E-state index < -0.39 is 0 Å². The zero-order valence-corrected chi connectivity index (χ0v) is 14.6. The number of amides is 1. The van der Waals surface area contributed by atoms with Crippen molar-refractivity contribution in [3.8, 4) is 0 Å². The summed E-state index contributed by atoms with van der Waals surface area (Å²) in [6, 6.07) is 10.1. The number of nitrogens with zero attached hydrogens (tertiary/aromatic N) is 2. The predicted octanol–water partition coefficient (Wildman–Crippen LogP) is 3.89. The molecule has 1 amide bonds. The summed E-state index contributed by atoms with van der Waals surface area (Å²) in [5.41, 5.74) is 1.12. The summed E-state index contributed by atoms with van der Waals surface area (Å²) in [6.07, 6.45) is 9.50. The lowest BCUT2D eigenvalue weighted by molar-refractivity contribution is -0.123. The molecular formula is C18H20N2OS2. The molecular weight excluding hydrogens is 324 g/mol. The highest BCUT2D eigenvalue weighted by atomic mass is 32.2. The molecule has 0 unspecified atom stereocenters. The lowest BCUT2D eigenvalue weighted by atomic mass is 10.1. The molecule has 3 rings (SSSR count). The Kier molecular flexibility index (Phi) is 5.65. The van der Waals surface area contributed by atoms with Gasteiger partial charge in [0.2, 0.25) is 0 Å². The number of piperidine rings is 1. The molecule has 1 aromatic rings. The van der Waals surface area contributed by atoms with Gasteiger partial charge in [-0.25, -0.2) is 0 Å². The maximum atomic E-state index is 12.5. The highest BCUT2D eigenvalue weighted by molar-refractivity contribution is 8.26. The van der Waals surface area contributed by atoms with Crippen molar-refractivity contribution in [3.63, 3.8) is 0 Å². The summed E-state index contributed by atoms with van der Waals surface area (Å²) in [6.45, 7) is 2.75. The van der Waals surface area contributed by atoms with Crippen LogP contribution in [-0.2, 0) is 4.79 Å². The molecule has 2 aliphatic rings. The number of rotatable bonds is 4. The van der Waals surface area contributed by atoms with Crippen molar-refractivity contribution in [2.45, 2.75) is 19.3 Å². The van der Waals surface area contributed by atoms with E-state index in [1.54, 1.807) is 4.90 Å². The Labute approximate surface area is 147 Å². The van der Waals surface area contributed by atoms with E-state index in [-0.39, 0.29) is 5.91 Å². The minimum absolute atomic E-state index is 0.0308. The summed E-state index contributed by atoms with van der Waals surface area (Å²) in [7, 11) is 0. The molecule has 0 aliphatic carbocycles. The van der Waals surface area contributed by atoms with E-state index in [9.17, 15) is 4.79 Å². The predicted molar refractivity (Wildman–Crippen MR) is 101 cm³/mol. The number of allylic oxidation sites excluding steroid dienone is 2. The van der Waals surface area contributed by atoms with E-state index in [1.165, 1.54) is 31.0 Å². The number of hydrogen-bond acceptors (Lipinski definition) is 4. The van der Waals surface area contributed by atoms with Crippen LogP contribution in [0.5, 0.6) is 0 Å². The second-order valence-electron chi connectivity index (χ2n) is 5.72. The Morgan fingerprint density at radius 2 is 1.87 bits per heavy atom. The first kappa shape index (κ1) is 16.4. The molecule has 0 spiro atoms. The van der Waals surface area contributed by atoms with Crippen LogP contribution >= 0.6 is 24.0 Å². The molecule has 3 nitrogen and oxygen atoms in total. The smallest absolute Gasteiger partial charge is 0.267 e. The molecule has 0 radical (unpaired) electrons. The van der Waals surface area contributed by atoms with Crippen LogP contribution in [0, 0.1) is 0 Å². The van der Waals surface area contributed by atoms with E-state index in [4.69, 9.17) is 12.2 Å². The SMILES string of the molecule is O=C1/C(=C\C=C\c2ccccc2)SC(=S)N1CN1CCCCC1. The molecule has 1 aromatic carbocycles. The van der Waals surface area contributed by atoms with Gasteiger partial charge < -0.3 is 0 Å². The Balaban J connectivity index is 1.63. The van der Waals surface area contributed by atoms with E-state index in [1.807, 2.05) is 48.6 Å². The van der Waals surface area contributed by atoms with Gasteiger partial charge in [0.05, 0.1) is 11.6 Å². The number of likely N-dealkylation sites (tertiary alicyclic amines) is 1. The Hall–Kier alpha value is -1.43. The maximum absolute atomic E-state index is 12.5. The van der Waals surface area contributed by atoms with E-state index in [2.05, 4.69) is 4.90 Å². The third-order valence-electron chi connectivity index (χ3n) is 4.00. The van der Waals surface area contributed by atoms with Crippen molar-refractivity contribution in [1.29, 1.82) is 0 Å². The van der Waals surface area contributed by atoms with Crippen molar-refractivity contribution in [2.75, 3.05) is 19.8 Å². The number of hydrogen-bond donors (Lipinski definition) is 0. The standard InChI is InChI=1S/C18H20N2OS2/c21-17-16(11-7-10-15-8-3-1-4-9-15)23-18(22)20(17)14-19-12-5-2-6-13-19/h1,3-4,7-11H,2,5-6,12-14H2/b10-7+,16-11+. The summed E-state index contributed by atoms with van der Waals surface area (Å²) in [5, 5.41) is 0. The fourth-order valence-electron chi connectivity index (χ4n) is 2.75. The third-order valence-corrected chi connectivity index (χ3v) is 5.40. The van der Waals surface area contributed by atoms with Crippen molar-refractivity contribution >= 4 is 40.3 Å². The number of carbonyl (C=O) groups excluding carboxylic acids is 1. The normalized spacial score (nSPS) is 21.7. The third kappa shape index (κ3) is 4.31. The average Bonchev–Trinajstić information content (AvgIpc) is 2.85. The van der Waals surface area contributed by atoms with Crippen LogP contribution in [0.4, 0.5) is 0 Å². The molecule has 2 heterocycles. The van der Waals surface area contributed by atoms with Gasteiger partial charge in [0, 0.05) is 0 Å². The van der Waals surface area contributed by atoms with Crippen LogP contribution in [0.3, 0.4) is 0 Å². The molecule has 0 atom stereocenters. The van der Waals surface area contributed by atoms with E-state index in [0.29, 0.717) is 15.9 Å². The van der Waals surface area contributed by atoms with Gasteiger partial charge in [0.15, 0.2) is 0 Å². The molecule has 2 saturated heterocycles. The zero-order valence-electron chi connectivity index (χ0n) is 13.0. The summed E-state index contributed by atoms with van der Waals surface area (Å²) < 4.78 is 0.667. The molecule has 120 valence electrons. The van der Waals surface area contributed by atoms with Gasteiger partial charge in [-0.1, -0.05) is 72.9 Å². The molecule has 5 heteroatoms. The first-order valence-corrected chi connectivity index (χ1v) is 9.16. The van der Waals surface area contributed by atoms with Crippen LogP contribution in [0.1, 0.15) is 24.8 Å². The maximum Gasteiger partial charge on any atom is 0.267 e. The molecule has 0 N–H and O–H groups in total. The van der Waals surface area contributed by atoms with E-state index >= 15 is 0 Å². The van der Waals surface area contributed by atoms with Crippen LogP contribution < -0.4 is 0 Å². The number of thioether (sulfide) groups is 1. The molecule has 0 saturated carbocycles. The number of carbonyl (C=O) groups is 1. The molecule has 23 heavy (non-hydrogen) atoms. The lowest BCUT2D eigenvalue weighted by Gasteiger charge is -2.29. The fraction of sp³-hybridized carbons (Fsp3) is 0.333. The summed E-state index contributed by atoms with van der Waals surface area (Å²) in [4.78, 5) is 17.3. The average molecular weight is 345 g/mol. The van der Waals surface area contributed by atoms with Gasteiger partial charge in [-0.2, -0.15) is 0 Å². The number of benzene rings is 1. The second kappa shape index (κ2) is 7.90. The Bertz CT molecular complexity index is 634. The topological polar surface area (TPSA) is 23.6 Å². The second-order valence-corrected chi connectivity index (χ2v) is 7.40. The highest BCUT2D eigenvalue weighted by Crippen LogP contribution is 2.31. The Morgan fingerprint density at radius 1 is 1.13 bits per heavy atom. The first-order valence-electron chi connectivity index (χ1n) is 7.93. The summed E-state index contributed by atoms with van der Waals surface area (Å²) in [5.74, 6) is 0.0308. The molecule has 0 aromatic heterocycles. The highest BCUT2D eigenvalue weighted by Gasteiger charge is 2.32. The van der Waals surface area contributed by atoms with Crippen molar-refractivity contribution in [2.24, 2.45) is 0 Å². The Morgan fingerprint density at radius 3 is 2.61 bits per heavy atom. The molecule has 2 fully saturated rings. The van der Waals surface area contributed by atoms with Gasteiger partial charge in [-0.15, -0.1) is 0 Å². The number of thiocarbonyl (C=S) groups is 1. The fourth-order valence-corrected chi connectivity index (χ4v) is 3.94. The van der Waals surface area contributed by atoms with Gasteiger partial charge >= 0.3 is 0 Å². The van der Waals surface area contributed by atoms with Gasteiger partial charge in [-0.3, -0.25) is 14.6 Å². The van der Waals surface area contributed by atoms with Gasteiger partial charge in [0.1, 0.15) is 4.32 Å². The zero-order chi connectivity index (χ0) is 16.1. The van der Waals surface area contributed by atoms with Crippen molar-refractivity contribution in [3.05, 3.63) is 53.0 Å². The molecule has 2 aliphatic heterocycles. The van der Waals surface area contributed by atoms with Gasteiger partial charge in [-0.05, 0) is 37.6 Å². The van der Waals surface area contributed by atoms with Crippen molar-refractivity contribution < 1.29 is 4.79 Å². The quantitative estimate of drug-likeness (QED) is 0.611. The monoisotopic (exact) mass is 344 g/mol. The van der Waals surface area contributed by atoms with Gasteiger partial charge in [0.25, 0.3) is 5.91 Å². The minimum Gasteiger partial charge on any atom is -0.286 e.